The average Bonchev–Trinajstić information content (AvgIpc) is 1.25. The van der Waals surface area contributed by atoms with Crippen LogP contribution in [0.25, 0.3) is 0 Å². The third-order valence-corrected chi connectivity index (χ3v) is 82.9. The summed E-state index contributed by atoms with van der Waals surface area (Å²) in [6, 6.07) is 0. The van der Waals surface area contributed by atoms with Crippen molar-refractivity contribution in [2.24, 2.45) is 0 Å². The van der Waals surface area contributed by atoms with Gasteiger partial charge in [0.05, 0.1) is 0 Å². The smallest absolute Gasteiger partial charge is 0.107 e. The monoisotopic (exact) mass is 594 g/mol. The number of hydrogen-bond donors (Lipinski definition) is 0. The van der Waals surface area contributed by atoms with Gasteiger partial charge in [-0.25, -0.2) is 0 Å². The third kappa shape index (κ3) is 4.28. The second kappa shape index (κ2) is 3.84. The Morgan fingerprint density at radius 2 is 0.875 bits per heavy atom. The lowest BCUT2D eigenvalue weighted by molar-refractivity contribution is 2.26. The maximum atomic E-state index is 2.66. The van der Waals surface area contributed by atoms with Gasteiger partial charge in [0.1, 0.15) is 0 Å². The summed E-state index contributed by atoms with van der Waals surface area (Å²) < 4.78 is -1.61. The molecule has 0 unspecified atom stereocenters. The lowest BCUT2D eigenvalue weighted by Gasteiger charge is -2.21. The Balaban J connectivity index is 4.02. The molecule has 0 fully saturated rings. The zero-order valence-corrected chi connectivity index (χ0v) is 15.1. The van der Waals surface area contributed by atoms with Crippen molar-refractivity contribution in [3.05, 3.63) is 0 Å². The molecule has 0 saturated carbocycles. The summed E-state index contributed by atoms with van der Waals surface area (Å²) in [6.45, 7) is 4.86. The molecule has 0 spiro atoms. The van der Waals surface area contributed by atoms with E-state index < -0.39 is 5.17 Å². The molecule has 0 nitrogen and oxygen atoms in total. The van der Waals surface area contributed by atoms with E-state index in [1.807, 2.05) is 0 Å². The first-order valence-electron chi connectivity index (χ1n) is 2.01. The highest BCUT2D eigenvalue weighted by Gasteiger charge is 2.41. The van der Waals surface area contributed by atoms with Crippen molar-refractivity contribution in [3.8, 4) is 0 Å². The molecule has 8 heavy (non-hydrogen) atoms. The number of rotatable bonds is 1. The topological polar surface area (TPSA) is 0 Å². The zero-order chi connectivity index (χ0) is 7.00. The van der Waals surface area contributed by atoms with Crippen molar-refractivity contribution in [1.82, 2.24) is 0 Å². The second-order valence-corrected chi connectivity index (χ2v) is 61.8. The van der Waals surface area contributed by atoms with Crippen LogP contribution in [0.5, 0.6) is 0 Å². The van der Waals surface area contributed by atoms with Crippen molar-refractivity contribution in [2.45, 2.75) is 13.1 Å². The Labute approximate surface area is 103 Å². The molecular formula is C2H6I4Si2. The SMILES string of the molecule is C[Si](I)(I)[Si](C)(I)I. The predicted octanol–water partition coefficient (Wildman–Crippen LogP) is 3.95. The lowest BCUT2D eigenvalue weighted by atomic mass is 11.9. The largest absolute Gasteiger partial charge is 0.202 e. The highest BCUT2D eigenvalue weighted by molar-refractivity contribution is 14.3. The molecular weight excluding hydrogens is 588 g/mol. The van der Waals surface area contributed by atoms with E-state index in [2.05, 4.69) is 100 Å². The van der Waals surface area contributed by atoms with Gasteiger partial charge in [0.25, 0.3) is 0 Å². The van der Waals surface area contributed by atoms with Crippen molar-refractivity contribution < 1.29 is 0 Å². The summed E-state index contributed by atoms with van der Waals surface area (Å²) in [6.07, 6.45) is 0. The number of hydrogen-bond acceptors (Lipinski definition) is 0. The van der Waals surface area contributed by atoms with Crippen molar-refractivity contribution >= 4 is 92.4 Å². The molecule has 0 radical (unpaired) electrons. The fraction of sp³-hybridized carbons (Fsp3) is 1.00. The van der Waals surface area contributed by atoms with Crippen LogP contribution in [-0.2, 0) is 0 Å². The van der Waals surface area contributed by atoms with Crippen molar-refractivity contribution in [1.29, 1.82) is 0 Å². The first-order valence-corrected chi connectivity index (χ1v) is 20.5. The molecule has 0 aromatic heterocycles. The van der Waals surface area contributed by atoms with E-state index in [0.29, 0.717) is 0 Å². The molecule has 0 atom stereocenters. The highest BCUT2D eigenvalue weighted by Crippen LogP contribution is 2.40. The Hall–Kier alpha value is 3.35. The van der Waals surface area contributed by atoms with Crippen molar-refractivity contribution in [2.75, 3.05) is 0 Å². The average molecular weight is 594 g/mol. The molecule has 0 aromatic rings. The third-order valence-electron chi connectivity index (χ3n) is 0.771. The summed E-state index contributed by atoms with van der Waals surface area (Å²) in [5.41, 5.74) is 0. The summed E-state index contributed by atoms with van der Waals surface area (Å²) in [5, 5.41) is 0. The van der Waals surface area contributed by atoms with Gasteiger partial charge in [-0.05, 0) is 0 Å². The van der Waals surface area contributed by atoms with Crippen molar-refractivity contribution in [3.63, 3.8) is 0 Å². The molecule has 50 valence electrons. The van der Waals surface area contributed by atoms with E-state index in [1.165, 1.54) is 0 Å². The van der Waals surface area contributed by atoms with Gasteiger partial charge in [0.2, 0.25) is 5.17 Å². The Morgan fingerprint density at radius 3 is 0.875 bits per heavy atom. The predicted molar refractivity (Wildman–Crippen MR) is 79.3 cm³/mol. The van der Waals surface area contributed by atoms with Gasteiger partial charge < -0.3 is 0 Å². The minimum atomic E-state index is -0.807. The van der Waals surface area contributed by atoms with Crippen LogP contribution in [-0.4, -0.2) is 5.17 Å². The molecule has 0 saturated heterocycles. The van der Waals surface area contributed by atoms with Gasteiger partial charge >= 0.3 is 0 Å². The minimum Gasteiger partial charge on any atom is -0.107 e. The first kappa shape index (κ1) is 11.4. The van der Waals surface area contributed by atoms with Crippen LogP contribution in [0.15, 0.2) is 0 Å². The van der Waals surface area contributed by atoms with Crippen LogP contribution in [0, 0.1) is 0 Å². The second-order valence-electron chi connectivity index (χ2n) is 1.78. The Bertz CT molecular complexity index is 67.0. The molecule has 0 bridgehead atoms. The quantitative estimate of drug-likeness (QED) is 0.246. The summed E-state index contributed by atoms with van der Waals surface area (Å²) in [7, 11) is 0. The molecule has 0 amide bonds. The van der Waals surface area contributed by atoms with Crippen LogP contribution in [0.1, 0.15) is 0 Å². The zero-order valence-electron chi connectivity index (χ0n) is 4.51. The van der Waals surface area contributed by atoms with Crippen LogP contribution >= 0.6 is 87.2 Å². The molecule has 0 aliphatic carbocycles. The van der Waals surface area contributed by atoms with E-state index in [4.69, 9.17) is 0 Å². The Morgan fingerprint density at radius 1 is 0.750 bits per heavy atom. The molecule has 0 rings (SSSR count). The maximum Gasteiger partial charge on any atom is 0.202 e. The Kier molecular flexibility index (Phi) is 5.45. The molecule has 0 N–H and O–H groups in total. The first-order chi connectivity index (χ1) is 3.25. The van der Waals surface area contributed by atoms with Crippen LogP contribution in [0.3, 0.4) is 0 Å². The summed E-state index contributed by atoms with van der Waals surface area (Å²) >= 11 is 10.6. The molecule has 0 aromatic carbocycles. The standard InChI is InChI=1S/C2H6I4Si2/c1-7(3,4)8(2,5)6/h1-2H3. The van der Waals surface area contributed by atoms with Gasteiger partial charge in [0, 0.05) is 0 Å². The van der Waals surface area contributed by atoms with E-state index in [9.17, 15) is 0 Å². The van der Waals surface area contributed by atoms with Gasteiger partial charge in [-0.15, -0.1) is 87.2 Å². The van der Waals surface area contributed by atoms with E-state index in [0.717, 1.165) is 0 Å². The minimum absolute atomic E-state index is 0.807. The van der Waals surface area contributed by atoms with Crippen LogP contribution < -0.4 is 0 Å². The van der Waals surface area contributed by atoms with Gasteiger partial charge in [-0.2, -0.15) is 0 Å². The molecule has 0 aliphatic heterocycles. The van der Waals surface area contributed by atoms with Crippen LogP contribution in [0.2, 0.25) is 13.1 Å². The molecule has 0 heterocycles. The normalized spacial score (nSPS) is 14.2. The van der Waals surface area contributed by atoms with E-state index in [-0.39, 0.29) is 0 Å². The fourth-order valence-corrected chi connectivity index (χ4v) is 0. The summed E-state index contributed by atoms with van der Waals surface area (Å²) in [5.74, 6) is 0. The lowest BCUT2D eigenvalue weighted by Crippen LogP contribution is -2.38. The van der Waals surface area contributed by atoms with E-state index in [1.54, 1.807) is 0 Å². The molecule has 6 heteroatoms. The van der Waals surface area contributed by atoms with Gasteiger partial charge in [-0.3, -0.25) is 0 Å². The van der Waals surface area contributed by atoms with Gasteiger partial charge in [0.15, 0.2) is 0 Å². The fourth-order valence-electron chi connectivity index (χ4n) is 0. The maximum absolute atomic E-state index is 2.66. The van der Waals surface area contributed by atoms with Crippen LogP contribution in [0.4, 0.5) is 0 Å². The number of halogens is 4. The van der Waals surface area contributed by atoms with E-state index >= 15 is 0 Å². The highest BCUT2D eigenvalue weighted by atomic mass is 127. The molecule has 0 aliphatic rings. The van der Waals surface area contributed by atoms with Gasteiger partial charge in [-0.1, -0.05) is 13.1 Å². The summed E-state index contributed by atoms with van der Waals surface area (Å²) in [4.78, 5) is 0.